The lowest BCUT2D eigenvalue weighted by atomic mass is 9.84. The summed E-state index contributed by atoms with van der Waals surface area (Å²) in [5.74, 6) is 0.688. The molecule has 0 fully saturated rings. The Kier molecular flexibility index (Phi) is 3.21. The van der Waals surface area contributed by atoms with Crippen LogP contribution in [0.15, 0.2) is 64.5 Å². The molecule has 2 aromatic carbocycles. The van der Waals surface area contributed by atoms with E-state index < -0.39 is 0 Å². The number of hydrogen-bond acceptors (Lipinski definition) is 3. The predicted octanol–water partition coefficient (Wildman–Crippen LogP) is 3.67. The lowest BCUT2D eigenvalue weighted by Gasteiger charge is -2.26. The van der Waals surface area contributed by atoms with Crippen molar-refractivity contribution in [3.05, 3.63) is 75.6 Å². The summed E-state index contributed by atoms with van der Waals surface area (Å²) in [5, 5.41) is 9.41. The van der Waals surface area contributed by atoms with Crippen LogP contribution in [0.2, 0.25) is 0 Å². The maximum absolute atomic E-state index is 9.41. The van der Waals surface area contributed by atoms with E-state index in [9.17, 15) is 5.26 Å². The topological polar surface area (TPSA) is 59.0 Å². The number of rotatable bonds is 1. The molecule has 0 amide bonds. The van der Waals surface area contributed by atoms with Crippen molar-refractivity contribution in [3.63, 3.8) is 0 Å². The van der Waals surface area contributed by atoms with Gasteiger partial charge in [-0.15, -0.1) is 0 Å². The molecule has 0 bridgehead atoms. The van der Waals surface area contributed by atoms with Crippen LogP contribution in [-0.2, 0) is 0 Å². The van der Waals surface area contributed by atoms with Gasteiger partial charge in [-0.25, -0.2) is 0 Å². The zero-order valence-corrected chi connectivity index (χ0v) is 12.1. The van der Waals surface area contributed by atoms with Crippen molar-refractivity contribution in [2.24, 2.45) is 5.73 Å². The third-order valence-electron chi connectivity index (χ3n) is 3.31. The number of hydrogen-bond donors (Lipinski definition) is 1. The second-order valence-corrected chi connectivity index (χ2v) is 5.43. The summed E-state index contributed by atoms with van der Waals surface area (Å²) < 4.78 is 6.51. The normalized spacial score (nSPS) is 17.1. The molecule has 20 heavy (non-hydrogen) atoms. The lowest BCUT2D eigenvalue weighted by molar-refractivity contribution is 0.393. The number of para-hydroxylation sites is 1. The molecule has 0 spiro atoms. The van der Waals surface area contributed by atoms with Gasteiger partial charge in [-0.1, -0.05) is 46.3 Å². The van der Waals surface area contributed by atoms with E-state index in [1.807, 2.05) is 48.5 Å². The number of nitriles is 1. The van der Waals surface area contributed by atoms with Crippen molar-refractivity contribution in [1.82, 2.24) is 0 Å². The molecule has 1 heterocycles. The van der Waals surface area contributed by atoms with Gasteiger partial charge in [0.25, 0.3) is 0 Å². The molecule has 0 unspecified atom stereocenters. The van der Waals surface area contributed by atoms with Crippen LogP contribution in [-0.4, -0.2) is 0 Å². The van der Waals surface area contributed by atoms with Crippen molar-refractivity contribution in [2.75, 3.05) is 0 Å². The number of fused-ring (bicyclic) bond motifs is 1. The Morgan fingerprint density at radius 3 is 2.70 bits per heavy atom. The van der Waals surface area contributed by atoms with Gasteiger partial charge in [-0.3, -0.25) is 0 Å². The Balaban J connectivity index is 2.23. The molecule has 0 aromatic heterocycles. The standard InChI is InChI=1S/C16H11BrN2O/c17-11-5-3-4-10(8-11)15-12-6-1-2-7-14(12)20-16(19)13(15)9-18/h1-8,15H,19H2/t15-/m0/s1. The Labute approximate surface area is 125 Å². The summed E-state index contributed by atoms with van der Waals surface area (Å²) in [6.45, 7) is 0. The van der Waals surface area contributed by atoms with Gasteiger partial charge >= 0.3 is 0 Å². The van der Waals surface area contributed by atoms with Gasteiger partial charge in [0.15, 0.2) is 0 Å². The Hall–Kier alpha value is -2.25. The summed E-state index contributed by atoms with van der Waals surface area (Å²) in [7, 11) is 0. The number of ether oxygens (including phenoxy) is 1. The average Bonchev–Trinajstić information content (AvgIpc) is 2.45. The highest BCUT2D eigenvalue weighted by atomic mass is 79.9. The van der Waals surface area contributed by atoms with Crippen LogP contribution in [0, 0.1) is 11.3 Å². The zero-order valence-electron chi connectivity index (χ0n) is 10.5. The van der Waals surface area contributed by atoms with Crippen LogP contribution in [0.3, 0.4) is 0 Å². The summed E-state index contributed by atoms with van der Waals surface area (Å²) in [6, 6.07) is 17.7. The van der Waals surface area contributed by atoms with Gasteiger partial charge in [0, 0.05) is 10.0 Å². The van der Waals surface area contributed by atoms with E-state index in [0.29, 0.717) is 11.3 Å². The van der Waals surface area contributed by atoms with Crippen molar-refractivity contribution < 1.29 is 4.74 Å². The molecule has 98 valence electrons. The number of benzene rings is 2. The highest BCUT2D eigenvalue weighted by molar-refractivity contribution is 9.10. The Morgan fingerprint density at radius 1 is 1.15 bits per heavy atom. The first-order valence-electron chi connectivity index (χ1n) is 6.12. The number of allylic oxidation sites excluding steroid dienone is 1. The molecule has 2 aromatic rings. The van der Waals surface area contributed by atoms with Crippen LogP contribution in [0.25, 0.3) is 0 Å². The molecular weight excluding hydrogens is 316 g/mol. The number of nitrogens with two attached hydrogens (primary N) is 1. The van der Waals surface area contributed by atoms with Crippen LogP contribution in [0.4, 0.5) is 0 Å². The second kappa shape index (κ2) is 5.03. The van der Waals surface area contributed by atoms with Crippen LogP contribution >= 0.6 is 15.9 Å². The van der Waals surface area contributed by atoms with E-state index in [1.54, 1.807) is 0 Å². The van der Waals surface area contributed by atoms with Crippen molar-refractivity contribution >= 4 is 15.9 Å². The number of halogens is 1. The first-order chi connectivity index (χ1) is 9.70. The fourth-order valence-corrected chi connectivity index (χ4v) is 2.85. The second-order valence-electron chi connectivity index (χ2n) is 4.52. The van der Waals surface area contributed by atoms with Crippen LogP contribution in [0.5, 0.6) is 5.75 Å². The SMILES string of the molecule is N#CC1=C(N)Oc2ccccc2[C@@H]1c1cccc(Br)c1. The maximum atomic E-state index is 9.41. The van der Waals surface area contributed by atoms with E-state index in [-0.39, 0.29) is 11.8 Å². The Morgan fingerprint density at radius 2 is 1.95 bits per heavy atom. The van der Waals surface area contributed by atoms with E-state index in [2.05, 4.69) is 22.0 Å². The van der Waals surface area contributed by atoms with Gasteiger partial charge in [0.1, 0.15) is 17.4 Å². The van der Waals surface area contributed by atoms with Crippen LogP contribution < -0.4 is 10.5 Å². The quantitative estimate of drug-likeness (QED) is 0.869. The van der Waals surface area contributed by atoms with Crippen molar-refractivity contribution in [3.8, 4) is 11.8 Å². The minimum absolute atomic E-state index is 0.177. The molecule has 1 aliphatic heterocycles. The minimum atomic E-state index is -0.192. The van der Waals surface area contributed by atoms with Gasteiger partial charge < -0.3 is 10.5 Å². The van der Waals surface area contributed by atoms with Gasteiger partial charge in [0.05, 0.1) is 5.92 Å². The first-order valence-corrected chi connectivity index (χ1v) is 6.92. The molecule has 0 saturated carbocycles. The molecule has 0 radical (unpaired) electrons. The van der Waals surface area contributed by atoms with Crippen molar-refractivity contribution in [2.45, 2.75) is 5.92 Å². The fourth-order valence-electron chi connectivity index (χ4n) is 2.44. The highest BCUT2D eigenvalue weighted by Crippen LogP contribution is 2.42. The lowest BCUT2D eigenvalue weighted by Crippen LogP contribution is -2.20. The van der Waals surface area contributed by atoms with E-state index in [4.69, 9.17) is 10.5 Å². The third kappa shape index (κ3) is 2.06. The molecule has 4 heteroatoms. The summed E-state index contributed by atoms with van der Waals surface area (Å²) >= 11 is 3.46. The highest BCUT2D eigenvalue weighted by Gasteiger charge is 2.30. The van der Waals surface area contributed by atoms with E-state index >= 15 is 0 Å². The molecule has 1 aliphatic rings. The molecule has 0 saturated heterocycles. The molecular formula is C16H11BrN2O. The molecule has 1 atom stereocenters. The molecule has 0 aliphatic carbocycles. The Bertz CT molecular complexity index is 746. The molecule has 3 nitrogen and oxygen atoms in total. The van der Waals surface area contributed by atoms with Gasteiger partial charge in [0.2, 0.25) is 5.88 Å². The molecule has 2 N–H and O–H groups in total. The fraction of sp³-hybridized carbons (Fsp3) is 0.0625. The van der Waals surface area contributed by atoms with E-state index in [1.165, 1.54) is 0 Å². The van der Waals surface area contributed by atoms with E-state index in [0.717, 1.165) is 15.6 Å². The average molecular weight is 327 g/mol. The third-order valence-corrected chi connectivity index (χ3v) is 3.80. The first kappa shape index (κ1) is 12.8. The summed E-state index contributed by atoms with van der Waals surface area (Å²) in [6.07, 6.45) is 0. The minimum Gasteiger partial charge on any atom is -0.440 e. The number of nitrogens with zero attached hydrogens (tertiary/aromatic N) is 1. The smallest absolute Gasteiger partial charge is 0.205 e. The predicted molar refractivity (Wildman–Crippen MR) is 79.9 cm³/mol. The monoisotopic (exact) mass is 326 g/mol. The van der Waals surface area contributed by atoms with Crippen LogP contribution in [0.1, 0.15) is 17.0 Å². The summed E-state index contributed by atoms with van der Waals surface area (Å²) in [5.41, 5.74) is 8.30. The van der Waals surface area contributed by atoms with Gasteiger partial charge in [-0.05, 0) is 23.8 Å². The zero-order chi connectivity index (χ0) is 14.1. The van der Waals surface area contributed by atoms with Crippen molar-refractivity contribution in [1.29, 1.82) is 5.26 Å². The largest absolute Gasteiger partial charge is 0.440 e. The van der Waals surface area contributed by atoms with Gasteiger partial charge in [-0.2, -0.15) is 5.26 Å². The summed E-state index contributed by atoms with van der Waals surface area (Å²) in [4.78, 5) is 0. The maximum Gasteiger partial charge on any atom is 0.205 e. The molecule has 3 rings (SSSR count).